The molecule has 1 saturated heterocycles. The average molecular weight is 291 g/mol. The van der Waals surface area contributed by atoms with Gasteiger partial charge in [-0.05, 0) is 46.1 Å². The Hall–Kier alpha value is -1.46. The summed E-state index contributed by atoms with van der Waals surface area (Å²) < 4.78 is 0. The first-order valence-corrected chi connectivity index (χ1v) is 7.43. The highest BCUT2D eigenvalue weighted by Crippen LogP contribution is 2.28. The van der Waals surface area contributed by atoms with E-state index < -0.39 is 0 Å². The van der Waals surface area contributed by atoms with E-state index in [1.807, 2.05) is 12.1 Å². The van der Waals surface area contributed by atoms with Crippen molar-refractivity contribution in [2.45, 2.75) is 64.2 Å². The second kappa shape index (κ2) is 5.73. The van der Waals surface area contributed by atoms with Gasteiger partial charge in [0.15, 0.2) is 0 Å². The van der Waals surface area contributed by atoms with Crippen molar-refractivity contribution in [1.29, 1.82) is 0 Å². The molecule has 1 heterocycles. The van der Waals surface area contributed by atoms with Gasteiger partial charge in [-0.15, -0.1) is 0 Å². The number of piperidine rings is 1. The van der Waals surface area contributed by atoms with Crippen LogP contribution in [0.1, 0.15) is 46.1 Å². The summed E-state index contributed by atoms with van der Waals surface area (Å²) in [4.78, 5) is 10.3. The number of rotatable bonds is 4. The molecule has 0 aliphatic carbocycles. The molecule has 0 amide bonds. The van der Waals surface area contributed by atoms with Crippen LogP contribution in [0.4, 0.5) is 5.69 Å². The van der Waals surface area contributed by atoms with Gasteiger partial charge in [-0.1, -0.05) is 12.1 Å². The van der Waals surface area contributed by atoms with Crippen molar-refractivity contribution in [3.05, 3.63) is 39.9 Å². The van der Waals surface area contributed by atoms with Crippen molar-refractivity contribution in [2.24, 2.45) is 0 Å². The third-order valence-corrected chi connectivity index (χ3v) is 3.93. The minimum absolute atomic E-state index is 0.120. The minimum atomic E-state index is -0.366. The molecule has 2 N–H and O–H groups in total. The highest BCUT2D eigenvalue weighted by Gasteiger charge is 2.37. The zero-order chi connectivity index (χ0) is 15.7. The maximum absolute atomic E-state index is 10.6. The van der Waals surface area contributed by atoms with Gasteiger partial charge in [-0.3, -0.25) is 10.1 Å². The minimum Gasteiger partial charge on any atom is -0.310 e. The van der Waals surface area contributed by atoms with Gasteiger partial charge in [0, 0.05) is 35.8 Å². The molecule has 0 atom stereocenters. The van der Waals surface area contributed by atoms with E-state index in [1.54, 1.807) is 12.1 Å². The Bertz CT molecular complexity index is 493. The molecule has 1 aliphatic rings. The predicted octanol–water partition coefficient (Wildman–Crippen LogP) is 2.99. The van der Waals surface area contributed by atoms with Crippen LogP contribution in [0.25, 0.3) is 0 Å². The summed E-state index contributed by atoms with van der Waals surface area (Å²) in [7, 11) is 0. The Morgan fingerprint density at radius 2 is 1.71 bits per heavy atom. The molecule has 5 nitrogen and oxygen atoms in total. The second-order valence-electron chi connectivity index (χ2n) is 7.30. The summed E-state index contributed by atoms with van der Waals surface area (Å²) in [5, 5.41) is 17.9. The molecule has 0 bridgehead atoms. The smallest absolute Gasteiger partial charge is 0.269 e. The number of benzene rings is 1. The molecule has 0 unspecified atom stereocenters. The largest absolute Gasteiger partial charge is 0.310 e. The average Bonchev–Trinajstić information content (AvgIpc) is 2.33. The van der Waals surface area contributed by atoms with Gasteiger partial charge in [0.2, 0.25) is 0 Å². The van der Waals surface area contributed by atoms with Gasteiger partial charge in [0.1, 0.15) is 0 Å². The Kier molecular flexibility index (Phi) is 4.35. The Morgan fingerprint density at radius 3 is 2.19 bits per heavy atom. The molecule has 1 aliphatic heterocycles. The van der Waals surface area contributed by atoms with Gasteiger partial charge < -0.3 is 10.6 Å². The highest BCUT2D eigenvalue weighted by molar-refractivity contribution is 5.32. The Labute approximate surface area is 126 Å². The van der Waals surface area contributed by atoms with Crippen LogP contribution in [0.3, 0.4) is 0 Å². The fraction of sp³-hybridized carbons (Fsp3) is 0.625. The van der Waals surface area contributed by atoms with Gasteiger partial charge in [-0.2, -0.15) is 0 Å². The monoisotopic (exact) mass is 291 g/mol. The molecule has 116 valence electrons. The number of hydrogen-bond acceptors (Lipinski definition) is 4. The lowest BCUT2D eigenvalue weighted by Crippen LogP contribution is -2.61. The van der Waals surface area contributed by atoms with Crippen molar-refractivity contribution in [3.8, 4) is 0 Å². The summed E-state index contributed by atoms with van der Waals surface area (Å²) >= 11 is 0. The third kappa shape index (κ3) is 4.51. The molecule has 0 aromatic heterocycles. The maximum atomic E-state index is 10.6. The third-order valence-electron chi connectivity index (χ3n) is 3.93. The van der Waals surface area contributed by atoms with Crippen LogP contribution < -0.4 is 10.6 Å². The Morgan fingerprint density at radius 1 is 1.19 bits per heavy atom. The molecule has 5 heteroatoms. The topological polar surface area (TPSA) is 67.2 Å². The van der Waals surface area contributed by atoms with E-state index in [0.29, 0.717) is 6.04 Å². The van der Waals surface area contributed by atoms with Crippen LogP contribution in [-0.4, -0.2) is 22.0 Å². The molecule has 0 saturated carbocycles. The van der Waals surface area contributed by atoms with Crippen molar-refractivity contribution >= 4 is 5.69 Å². The SMILES string of the molecule is CC1(C)CC(NCc2ccc([N+](=O)[O-])cc2)CC(C)(C)N1. The molecule has 2 rings (SSSR count). The molecule has 21 heavy (non-hydrogen) atoms. The van der Waals surface area contributed by atoms with Crippen LogP contribution in [0.15, 0.2) is 24.3 Å². The number of nitro benzene ring substituents is 1. The summed E-state index contributed by atoms with van der Waals surface area (Å²) in [6, 6.07) is 7.22. The lowest BCUT2D eigenvalue weighted by molar-refractivity contribution is -0.384. The van der Waals surface area contributed by atoms with Gasteiger partial charge >= 0.3 is 0 Å². The van der Waals surface area contributed by atoms with E-state index in [4.69, 9.17) is 0 Å². The van der Waals surface area contributed by atoms with Gasteiger partial charge in [0.25, 0.3) is 5.69 Å². The van der Waals surface area contributed by atoms with Crippen LogP contribution in [0.2, 0.25) is 0 Å². The van der Waals surface area contributed by atoms with Crippen LogP contribution in [0, 0.1) is 10.1 Å². The number of hydrogen-bond donors (Lipinski definition) is 2. The lowest BCUT2D eigenvalue weighted by Gasteiger charge is -2.46. The quantitative estimate of drug-likeness (QED) is 0.661. The van der Waals surface area contributed by atoms with Crippen molar-refractivity contribution < 1.29 is 4.92 Å². The van der Waals surface area contributed by atoms with E-state index >= 15 is 0 Å². The van der Waals surface area contributed by atoms with E-state index in [0.717, 1.165) is 24.9 Å². The standard InChI is InChI=1S/C16H25N3O2/c1-15(2)9-13(10-16(3,4)18-15)17-11-12-5-7-14(8-6-12)19(20)21/h5-8,13,17-18H,9-11H2,1-4H3. The van der Waals surface area contributed by atoms with Crippen LogP contribution in [0.5, 0.6) is 0 Å². The first kappa shape index (κ1) is 15.9. The molecule has 1 aromatic carbocycles. The van der Waals surface area contributed by atoms with Gasteiger partial charge in [-0.25, -0.2) is 0 Å². The molecular weight excluding hydrogens is 266 g/mol. The van der Waals surface area contributed by atoms with E-state index in [2.05, 4.69) is 38.3 Å². The van der Waals surface area contributed by atoms with Crippen LogP contribution >= 0.6 is 0 Å². The molecule has 1 aromatic rings. The van der Waals surface area contributed by atoms with Crippen molar-refractivity contribution in [1.82, 2.24) is 10.6 Å². The number of non-ortho nitro benzene ring substituents is 1. The first-order chi connectivity index (χ1) is 9.67. The first-order valence-electron chi connectivity index (χ1n) is 7.43. The van der Waals surface area contributed by atoms with Gasteiger partial charge in [0.05, 0.1) is 4.92 Å². The van der Waals surface area contributed by atoms with Crippen molar-refractivity contribution in [2.75, 3.05) is 0 Å². The van der Waals surface area contributed by atoms with E-state index in [1.165, 1.54) is 0 Å². The molecule has 0 radical (unpaired) electrons. The highest BCUT2D eigenvalue weighted by atomic mass is 16.6. The number of nitrogens with one attached hydrogen (secondary N) is 2. The fourth-order valence-electron chi connectivity index (χ4n) is 3.46. The molecule has 0 spiro atoms. The normalized spacial score (nSPS) is 21.1. The maximum Gasteiger partial charge on any atom is 0.269 e. The Balaban J connectivity index is 1.94. The number of nitro groups is 1. The lowest BCUT2D eigenvalue weighted by atomic mass is 9.79. The predicted molar refractivity (Wildman–Crippen MR) is 84.3 cm³/mol. The summed E-state index contributed by atoms with van der Waals surface area (Å²) in [5.41, 5.74) is 1.46. The molecular formula is C16H25N3O2. The second-order valence-corrected chi connectivity index (χ2v) is 7.30. The van der Waals surface area contributed by atoms with Crippen molar-refractivity contribution in [3.63, 3.8) is 0 Å². The van der Waals surface area contributed by atoms with E-state index in [-0.39, 0.29) is 21.7 Å². The van der Waals surface area contributed by atoms with E-state index in [9.17, 15) is 10.1 Å². The zero-order valence-electron chi connectivity index (χ0n) is 13.3. The summed E-state index contributed by atoms with van der Waals surface area (Å²) in [6.07, 6.45) is 2.15. The molecule has 1 fully saturated rings. The summed E-state index contributed by atoms with van der Waals surface area (Å²) in [6.45, 7) is 9.67. The number of nitrogens with zero attached hydrogens (tertiary/aromatic N) is 1. The van der Waals surface area contributed by atoms with Crippen LogP contribution in [-0.2, 0) is 6.54 Å². The summed E-state index contributed by atoms with van der Waals surface area (Å²) in [5.74, 6) is 0. The zero-order valence-corrected chi connectivity index (χ0v) is 13.3. The fourth-order valence-corrected chi connectivity index (χ4v) is 3.46.